The molecule has 3 heterocycles. The Hall–Kier alpha value is -2.10. The van der Waals surface area contributed by atoms with E-state index >= 15 is 0 Å². The second-order valence-corrected chi connectivity index (χ2v) is 8.55. The molecule has 3 rings (SSSR count). The van der Waals surface area contributed by atoms with Gasteiger partial charge in [0.15, 0.2) is 5.82 Å². The molecule has 0 unspecified atom stereocenters. The van der Waals surface area contributed by atoms with E-state index in [9.17, 15) is 4.79 Å². The lowest BCUT2D eigenvalue weighted by Gasteiger charge is -2.22. The number of carbonyl (C=O) groups is 1. The fourth-order valence-electron chi connectivity index (χ4n) is 2.36. The highest BCUT2D eigenvalue weighted by atomic mass is 32.1. The monoisotopic (exact) mass is 391 g/mol. The molecule has 3 aromatic rings. The van der Waals surface area contributed by atoms with Gasteiger partial charge in [-0.3, -0.25) is 4.79 Å². The van der Waals surface area contributed by atoms with Crippen molar-refractivity contribution in [2.75, 3.05) is 14.1 Å². The van der Waals surface area contributed by atoms with Crippen molar-refractivity contribution in [3.8, 4) is 10.6 Å². The number of thiophene rings is 1. The molecule has 0 spiro atoms. The number of hydrogen-bond donors (Lipinski definition) is 1. The molecule has 0 bridgehead atoms. The molecule has 3 aromatic heterocycles. The molecule has 0 aliphatic rings. The number of hydrogen-bond acceptors (Lipinski definition) is 8. The third-order valence-electron chi connectivity index (χ3n) is 3.68. The molecule has 9 heteroatoms. The lowest BCUT2D eigenvalue weighted by Crippen LogP contribution is -2.41. The van der Waals surface area contributed by atoms with Gasteiger partial charge in [-0.05, 0) is 46.3 Å². The summed E-state index contributed by atoms with van der Waals surface area (Å²) in [6.45, 7) is 6.10. The molecule has 7 nitrogen and oxygen atoms in total. The lowest BCUT2D eigenvalue weighted by atomic mass is 10.0. The maximum absolute atomic E-state index is 12.8. The van der Waals surface area contributed by atoms with E-state index in [4.69, 9.17) is 4.52 Å². The van der Waals surface area contributed by atoms with Crippen LogP contribution in [0.3, 0.4) is 0 Å². The van der Waals surface area contributed by atoms with E-state index in [1.807, 2.05) is 56.6 Å². The fourth-order valence-corrected chi connectivity index (χ4v) is 4.03. The maximum Gasteiger partial charge on any atom is 0.264 e. The van der Waals surface area contributed by atoms with Crippen LogP contribution in [0, 0.1) is 6.92 Å². The van der Waals surface area contributed by atoms with Crippen molar-refractivity contribution in [2.24, 2.45) is 0 Å². The number of carbonyl (C=O) groups excluding carboxylic acids is 1. The number of amides is 1. The molecule has 0 aromatic carbocycles. The van der Waals surface area contributed by atoms with Crippen LogP contribution >= 0.6 is 22.7 Å². The first-order chi connectivity index (χ1) is 12.3. The average Bonchev–Trinajstić information content (AvgIpc) is 3.25. The number of nitrogens with one attached hydrogen (secondary N) is 1. The van der Waals surface area contributed by atoms with Gasteiger partial charge in [0.25, 0.3) is 5.91 Å². The zero-order chi connectivity index (χ0) is 18.9. The van der Waals surface area contributed by atoms with Crippen LogP contribution in [-0.4, -0.2) is 40.0 Å². The van der Waals surface area contributed by atoms with E-state index in [-0.39, 0.29) is 5.91 Å². The Morgan fingerprint density at radius 1 is 1.35 bits per heavy atom. The Balaban J connectivity index is 1.77. The molecule has 26 heavy (non-hydrogen) atoms. The van der Waals surface area contributed by atoms with Crippen molar-refractivity contribution >= 4 is 28.6 Å². The Labute approximate surface area is 160 Å². The van der Waals surface area contributed by atoms with Crippen molar-refractivity contribution in [1.82, 2.24) is 25.3 Å². The molecule has 1 amide bonds. The number of aryl methyl sites for hydroxylation is 1. The summed E-state index contributed by atoms with van der Waals surface area (Å²) in [6, 6.07) is 2.00. The Morgan fingerprint density at radius 2 is 2.12 bits per heavy atom. The van der Waals surface area contributed by atoms with E-state index in [1.54, 1.807) is 11.3 Å². The van der Waals surface area contributed by atoms with Crippen LogP contribution in [0.15, 0.2) is 21.3 Å². The molecule has 0 atom stereocenters. The zero-order valence-corrected chi connectivity index (χ0v) is 17.0. The molecule has 0 aliphatic heterocycles. The van der Waals surface area contributed by atoms with Crippen molar-refractivity contribution in [2.45, 2.75) is 32.9 Å². The van der Waals surface area contributed by atoms with Crippen LogP contribution in [0.1, 0.15) is 40.9 Å². The van der Waals surface area contributed by atoms with Gasteiger partial charge < -0.3 is 14.7 Å². The van der Waals surface area contributed by atoms with Gasteiger partial charge in [-0.15, -0.1) is 11.3 Å². The van der Waals surface area contributed by atoms with E-state index in [0.717, 1.165) is 10.6 Å². The average molecular weight is 392 g/mol. The first kappa shape index (κ1) is 18.7. The van der Waals surface area contributed by atoms with Gasteiger partial charge in [-0.2, -0.15) is 16.3 Å². The first-order valence-electron chi connectivity index (χ1n) is 8.06. The SMILES string of the molecule is Cc1nc(-c2ccsc2)sc1C(=O)NC(C)(C)c1noc(CN(C)C)n1. The van der Waals surface area contributed by atoms with Gasteiger partial charge in [0, 0.05) is 10.9 Å². The van der Waals surface area contributed by atoms with E-state index in [2.05, 4.69) is 20.4 Å². The molecular formula is C17H21N5O2S2. The number of aromatic nitrogens is 3. The van der Waals surface area contributed by atoms with Crippen LogP contribution < -0.4 is 5.32 Å². The number of nitrogens with zero attached hydrogens (tertiary/aromatic N) is 4. The highest BCUT2D eigenvalue weighted by Gasteiger charge is 2.30. The first-order valence-corrected chi connectivity index (χ1v) is 9.82. The van der Waals surface area contributed by atoms with Crippen LogP contribution in [0.2, 0.25) is 0 Å². The smallest absolute Gasteiger partial charge is 0.264 e. The minimum Gasteiger partial charge on any atom is -0.339 e. The van der Waals surface area contributed by atoms with Gasteiger partial charge in [0.05, 0.1) is 17.8 Å². The summed E-state index contributed by atoms with van der Waals surface area (Å²) in [4.78, 5) is 24.2. The van der Waals surface area contributed by atoms with Gasteiger partial charge in [0.2, 0.25) is 5.89 Å². The molecular weight excluding hydrogens is 370 g/mol. The predicted octanol–water partition coefficient (Wildman–Crippen LogP) is 3.29. The zero-order valence-electron chi connectivity index (χ0n) is 15.4. The largest absolute Gasteiger partial charge is 0.339 e. The second-order valence-electron chi connectivity index (χ2n) is 6.77. The molecule has 1 N–H and O–H groups in total. The van der Waals surface area contributed by atoms with Gasteiger partial charge in [-0.25, -0.2) is 4.98 Å². The topological polar surface area (TPSA) is 84.2 Å². The minimum absolute atomic E-state index is 0.189. The fraction of sp³-hybridized carbons (Fsp3) is 0.412. The summed E-state index contributed by atoms with van der Waals surface area (Å²) in [5, 5.41) is 11.9. The van der Waals surface area contributed by atoms with E-state index < -0.39 is 5.54 Å². The molecule has 0 saturated carbocycles. The molecule has 0 aliphatic carbocycles. The second kappa shape index (κ2) is 7.26. The predicted molar refractivity (Wildman–Crippen MR) is 102 cm³/mol. The van der Waals surface area contributed by atoms with Gasteiger partial charge >= 0.3 is 0 Å². The number of thiazole rings is 1. The van der Waals surface area contributed by atoms with Crippen molar-refractivity contribution in [3.05, 3.63) is 39.1 Å². The Kier molecular flexibility index (Phi) is 5.22. The highest BCUT2D eigenvalue weighted by molar-refractivity contribution is 7.17. The summed E-state index contributed by atoms with van der Waals surface area (Å²) in [7, 11) is 3.85. The molecule has 0 saturated heterocycles. The van der Waals surface area contributed by atoms with Gasteiger partial charge in [-0.1, -0.05) is 5.16 Å². The van der Waals surface area contributed by atoms with E-state index in [1.165, 1.54) is 11.3 Å². The quantitative estimate of drug-likeness (QED) is 0.694. The third kappa shape index (κ3) is 4.00. The molecule has 0 fully saturated rings. The Morgan fingerprint density at radius 3 is 2.77 bits per heavy atom. The van der Waals surface area contributed by atoms with Crippen LogP contribution in [-0.2, 0) is 12.1 Å². The van der Waals surface area contributed by atoms with Gasteiger partial charge in [0.1, 0.15) is 9.88 Å². The van der Waals surface area contributed by atoms with Crippen LogP contribution in [0.25, 0.3) is 10.6 Å². The standard InChI is InChI=1S/C17H21N5O2S2/c1-10-13(26-15(18-10)11-6-7-25-9-11)14(23)20-17(2,3)16-19-12(24-21-16)8-22(4)5/h6-7,9H,8H2,1-5H3,(H,20,23). The van der Waals surface area contributed by atoms with Crippen molar-refractivity contribution < 1.29 is 9.32 Å². The summed E-state index contributed by atoms with van der Waals surface area (Å²) in [6.07, 6.45) is 0. The maximum atomic E-state index is 12.8. The third-order valence-corrected chi connectivity index (χ3v) is 5.56. The molecule has 138 valence electrons. The summed E-state index contributed by atoms with van der Waals surface area (Å²) in [5.41, 5.74) is 0.989. The lowest BCUT2D eigenvalue weighted by molar-refractivity contribution is 0.0911. The Bertz CT molecular complexity index is 896. The van der Waals surface area contributed by atoms with E-state index in [0.29, 0.717) is 28.8 Å². The van der Waals surface area contributed by atoms with Crippen molar-refractivity contribution in [1.29, 1.82) is 0 Å². The summed E-state index contributed by atoms with van der Waals surface area (Å²) in [5.74, 6) is 0.773. The van der Waals surface area contributed by atoms with Crippen molar-refractivity contribution in [3.63, 3.8) is 0 Å². The minimum atomic E-state index is -0.760. The summed E-state index contributed by atoms with van der Waals surface area (Å²) >= 11 is 2.99. The summed E-state index contributed by atoms with van der Waals surface area (Å²) < 4.78 is 5.26. The van der Waals surface area contributed by atoms with Crippen LogP contribution in [0.4, 0.5) is 0 Å². The number of rotatable bonds is 6. The molecule has 0 radical (unpaired) electrons. The highest BCUT2D eigenvalue weighted by Crippen LogP contribution is 2.30. The van der Waals surface area contributed by atoms with Crippen LogP contribution in [0.5, 0.6) is 0 Å². The normalized spacial score (nSPS) is 11.9.